The summed E-state index contributed by atoms with van der Waals surface area (Å²) in [6.45, 7) is 1.65. The third kappa shape index (κ3) is 2.66. The summed E-state index contributed by atoms with van der Waals surface area (Å²) in [4.78, 5) is 8.89. The normalized spacial score (nSPS) is 20.6. The number of rotatable bonds is 2. The van der Waals surface area contributed by atoms with Gasteiger partial charge in [-0.05, 0) is 13.0 Å². The number of likely N-dealkylation sites (N-methyl/N-ethyl adjacent to an activating group) is 1. The number of nitrogens with zero attached hydrogens (tertiary/aromatic N) is 3. The average molecular weight is 246 g/mol. The summed E-state index contributed by atoms with van der Waals surface area (Å²) >= 11 is 0. The van der Waals surface area contributed by atoms with Crippen LogP contribution in [-0.2, 0) is 6.18 Å². The number of aromatic nitrogens is 2. The van der Waals surface area contributed by atoms with E-state index in [1.54, 1.807) is 11.9 Å². The topological polar surface area (TPSA) is 41.1 Å². The maximum Gasteiger partial charge on any atom is 0.433 e. The van der Waals surface area contributed by atoms with Gasteiger partial charge in [0.15, 0.2) is 0 Å². The Kier molecular flexibility index (Phi) is 3.19. The smallest absolute Gasteiger partial charge is 0.355 e. The van der Waals surface area contributed by atoms with E-state index >= 15 is 0 Å². The molecule has 0 spiro atoms. The molecule has 1 saturated heterocycles. The molecule has 2 heterocycles. The van der Waals surface area contributed by atoms with Crippen LogP contribution in [0.4, 0.5) is 19.0 Å². The van der Waals surface area contributed by atoms with Crippen molar-refractivity contribution >= 4 is 5.82 Å². The van der Waals surface area contributed by atoms with Crippen LogP contribution in [0.3, 0.4) is 0 Å². The Bertz CT molecular complexity index is 387. The van der Waals surface area contributed by atoms with Crippen molar-refractivity contribution in [1.29, 1.82) is 0 Å². The van der Waals surface area contributed by atoms with Gasteiger partial charge in [0, 0.05) is 25.7 Å². The van der Waals surface area contributed by atoms with Gasteiger partial charge in [0.1, 0.15) is 17.8 Å². The number of hydrogen-bond acceptors (Lipinski definition) is 4. The van der Waals surface area contributed by atoms with Crippen LogP contribution >= 0.6 is 0 Å². The molecule has 1 aliphatic heterocycles. The second-order valence-electron chi connectivity index (χ2n) is 4.02. The highest BCUT2D eigenvalue weighted by Crippen LogP contribution is 2.29. The zero-order valence-electron chi connectivity index (χ0n) is 9.33. The van der Waals surface area contributed by atoms with Gasteiger partial charge in [-0.1, -0.05) is 0 Å². The molecule has 1 aliphatic rings. The van der Waals surface area contributed by atoms with Gasteiger partial charge in [0.05, 0.1) is 0 Å². The second-order valence-corrected chi connectivity index (χ2v) is 4.02. The molecule has 0 bridgehead atoms. The molecule has 0 saturated carbocycles. The number of anilines is 1. The summed E-state index contributed by atoms with van der Waals surface area (Å²) in [5, 5.41) is 3.16. The fourth-order valence-corrected chi connectivity index (χ4v) is 1.85. The van der Waals surface area contributed by atoms with Crippen molar-refractivity contribution in [3.8, 4) is 0 Å². The van der Waals surface area contributed by atoms with Crippen molar-refractivity contribution in [2.45, 2.75) is 18.6 Å². The number of hydrogen-bond donors (Lipinski definition) is 1. The lowest BCUT2D eigenvalue weighted by Crippen LogP contribution is -2.34. The van der Waals surface area contributed by atoms with E-state index < -0.39 is 11.9 Å². The minimum atomic E-state index is -4.42. The van der Waals surface area contributed by atoms with Crippen LogP contribution in [0.1, 0.15) is 12.1 Å². The minimum Gasteiger partial charge on any atom is -0.355 e. The highest BCUT2D eigenvalue weighted by Gasteiger charge is 2.33. The van der Waals surface area contributed by atoms with E-state index in [-0.39, 0.29) is 6.04 Å². The van der Waals surface area contributed by atoms with Gasteiger partial charge in [-0.2, -0.15) is 13.2 Å². The first-order chi connectivity index (χ1) is 7.98. The first kappa shape index (κ1) is 12.1. The average Bonchev–Trinajstić information content (AvgIpc) is 2.80. The summed E-state index contributed by atoms with van der Waals surface area (Å²) in [6, 6.07) is 1.17. The van der Waals surface area contributed by atoms with Crippen molar-refractivity contribution in [2.75, 3.05) is 25.0 Å². The zero-order chi connectivity index (χ0) is 12.5. The Balaban J connectivity index is 2.20. The van der Waals surface area contributed by atoms with Gasteiger partial charge in [-0.15, -0.1) is 0 Å². The molecule has 1 atom stereocenters. The third-order valence-corrected chi connectivity index (χ3v) is 2.89. The fourth-order valence-electron chi connectivity index (χ4n) is 1.85. The van der Waals surface area contributed by atoms with Crippen molar-refractivity contribution in [2.24, 2.45) is 0 Å². The Hall–Kier alpha value is -1.37. The van der Waals surface area contributed by atoms with E-state index in [0.29, 0.717) is 5.82 Å². The largest absolute Gasteiger partial charge is 0.433 e. The summed E-state index contributed by atoms with van der Waals surface area (Å²) in [5.74, 6) is 0.307. The monoisotopic (exact) mass is 246 g/mol. The predicted molar refractivity (Wildman–Crippen MR) is 56.7 cm³/mol. The van der Waals surface area contributed by atoms with Gasteiger partial charge >= 0.3 is 6.18 Å². The molecule has 1 fully saturated rings. The van der Waals surface area contributed by atoms with Crippen LogP contribution in [-0.4, -0.2) is 36.1 Å². The summed E-state index contributed by atoms with van der Waals surface area (Å²) in [5.41, 5.74) is -0.902. The van der Waals surface area contributed by atoms with E-state index in [1.807, 2.05) is 0 Å². The highest BCUT2D eigenvalue weighted by molar-refractivity contribution is 5.40. The molecule has 0 amide bonds. The van der Waals surface area contributed by atoms with Gasteiger partial charge in [0.25, 0.3) is 0 Å². The maximum atomic E-state index is 12.5. The van der Waals surface area contributed by atoms with E-state index in [0.717, 1.165) is 31.9 Å². The van der Waals surface area contributed by atoms with Crippen LogP contribution in [0.15, 0.2) is 12.4 Å². The van der Waals surface area contributed by atoms with E-state index in [1.165, 1.54) is 0 Å². The molecule has 0 radical (unpaired) electrons. The first-order valence-corrected chi connectivity index (χ1v) is 5.31. The molecule has 4 nitrogen and oxygen atoms in total. The predicted octanol–water partition coefficient (Wildman–Crippen LogP) is 1.29. The Morgan fingerprint density at radius 1 is 1.41 bits per heavy atom. The molecule has 1 aromatic rings. The second kappa shape index (κ2) is 4.48. The van der Waals surface area contributed by atoms with E-state index in [4.69, 9.17) is 0 Å². The van der Waals surface area contributed by atoms with Crippen molar-refractivity contribution in [3.05, 3.63) is 18.1 Å². The summed E-state index contributed by atoms with van der Waals surface area (Å²) < 4.78 is 37.5. The van der Waals surface area contributed by atoms with Gasteiger partial charge < -0.3 is 10.2 Å². The molecule has 1 N–H and O–H groups in total. The van der Waals surface area contributed by atoms with Crippen LogP contribution < -0.4 is 10.2 Å². The van der Waals surface area contributed by atoms with E-state index in [2.05, 4.69) is 15.3 Å². The van der Waals surface area contributed by atoms with Gasteiger partial charge in [-0.25, -0.2) is 9.97 Å². The first-order valence-electron chi connectivity index (χ1n) is 5.31. The van der Waals surface area contributed by atoms with Crippen molar-refractivity contribution < 1.29 is 13.2 Å². The fraction of sp³-hybridized carbons (Fsp3) is 0.600. The quantitative estimate of drug-likeness (QED) is 0.853. The molecule has 0 aromatic carbocycles. The molecular weight excluding hydrogens is 233 g/mol. The van der Waals surface area contributed by atoms with Gasteiger partial charge in [0.2, 0.25) is 0 Å². The summed E-state index contributed by atoms with van der Waals surface area (Å²) in [7, 11) is 1.75. The molecule has 0 aliphatic carbocycles. The maximum absolute atomic E-state index is 12.5. The van der Waals surface area contributed by atoms with Crippen LogP contribution in [0.5, 0.6) is 0 Å². The van der Waals surface area contributed by atoms with Crippen LogP contribution in [0.25, 0.3) is 0 Å². The molecule has 1 aromatic heterocycles. The van der Waals surface area contributed by atoms with Crippen LogP contribution in [0.2, 0.25) is 0 Å². The molecule has 2 rings (SSSR count). The van der Waals surface area contributed by atoms with Crippen molar-refractivity contribution in [3.63, 3.8) is 0 Å². The Morgan fingerprint density at radius 2 is 2.18 bits per heavy atom. The molecular formula is C10H13F3N4. The lowest BCUT2D eigenvalue weighted by Gasteiger charge is -2.25. The van der Waals surface area contributed by atoms with Crippen molar-refractivity contribution in [1.82, 2.24) is 15.3 Å². The standard InChI is InChI=1S/C10H13F3N4/c1-17(7-2-3-14-5-7)9-4-8(10(11,12)13)15-6-16-9/h4,6-7,14H,2-3,5H2,1H3. The van der Waals surface area contributed by atoms with Crippen LogP contribution in [0, 0.1) is 0 Å². The lowest BCUT2D eigenvalue weighted by atomic mass is 10.2. The summed E-state index contributed by atoms with van der Waals surface area (Å²) in [6.07, 6.45) is -2.56. The SMILES string of the molecule is CN(c1cc(C(F)(F)F)ncn1)C1CCNC1. The molecule has 17 heavy (non-hydrogen) atoms. The zero-order valence-corrected chi connectivity index (χ0v) is 9.33. The van der Waals surface area contributed by atoms with Gasteiger partial charge in [-0.3, -0.25) is 0 Å². The minimum absolute atomic E-state index is 0.186. The highest BCUT2D eigenvalue weighted by atomic mass is 19.4. The lowest BCUT2D eigenvalue weighted by molar-refractivity contribution is -0.141. The molecule has 7 heteroatoms. The molecule has 1 unspecified atom stereocenters. The Labute approximate surface area is 96.9 Å². The molecule has 94 valence electrons. The number of halogens is 3. The Morgan fingerprint density at radius 3 is 2.76 bits per heavy atom. The number of alkyl halides is 3. The van der Waals surface area contributed by atoms with E-state index in [9.17, 15) is 13.2 Å². The third-order valence-electron chi connectivity index (χ3n) is 2.89. The number of nitrogens with one attached hydrogen (secondary N) is 1.